The van der Waals surface area contributed by atoms with Gasteiger partial charge in [0.1, 0.15) is 12.6 Å². The average Bonchev–Trinajstić information content (AvgIpc) is 2.69. The van der Waals surface area contributed by atoms with Gasteiger partial charge in [-0.15, -0.1) is 0 Å². The highest BCUT2D eigenvalue weighted by atomic mass is 32.2. The fourth-order valence-corrected chi connectivity index (χ4v) is 3.54. The van der Waals surface area contributed by atoms with E-state index in [4.69, 9.17) is 9.84 Å². The van der Waals surface area contributed by atoms with Gasteiger partial charge in [-0.1, -0.05) is 30.3 Å². The molecule has 0 aliphatic heterocycles. The highest BCUT2D eigenvalue weighted by Gasteiger charge is 2.36. The standard InChI is InChI=1S/C17H12F5NO6S/c18-11-12(19)14(21)16(15(22)13(11)20)30(27,28)23-9(17(25)26)6-10(24)29-7-8-4-2-1-3-5-8/h1-5,9,23H,6-7H2,(H,25,26)/t9-/m0/s1. The summed E-state index contributed by atoms with van der Waals surface area (Å²) in [5.41, 5.74) is 0.528. The van der Waals surface area contributed by atoms with Crippen LogP contribution in [0.25, 0.3) is 0 Å². The first-order valence-corrected chi connectivity index (χ1v) is 9.40. The molecule has 2 rings (SSSR count). The molecule has 0 bridgehead atoms. The summed E-state index contributed by atoms with van der Waals surface area (Å²) in [6.07, 6.45) is -1.13. The smallest absolute Gasteiger partial charge is 0.322 e. The molecule has 2 aromatic rings. The number of esters is 1. The Balaban J connectivity index is 2.22. The van der Waals surface area contributed by atoms with E-state index >= 15 is 0 Å². The van der Waals surface area contributed by atoms with E-state index in [2.05, 4.69) is 0 Å². The zero-order valence-electron chi connectivity index (χ0n) is 14.7. The molecule has 30 heavy (non-hydrogen) atoms. The maximum absolute atomic E-state index is 13.7. The molecule has 0 unspecified atom stereocenters. The van der Waals surface area contributed by atoms with E-state index < -0.39 is 68.4 Å². The minimum absolute atomic E-state index is 0.281. The van der Waals surface area contributed by atoms with Gasteiger partial charge in [-0.05, 0) is 5.56 Å². The molecule has 0 fully saturated rings. The van der Waals surface area contributed by atoms with Crippen LogP contribution >= 0.6 is 0 Å². The lowest BCUT2D eigenvalue weighted by Crippen LogP contribution is -2.43. The summed E-state index contributed by atoms with van der Waals surface area (Å²) >= 11 is 0. The minimum Gasteiger partial charge on any atom is -0.480 e. The summed E-state index contributed by atoms with van der Waals surface area (Å²) in [6, 6.07) is 5.78. The largest absolute Gasteiger partial charge is 0.480 e. The zero-order valence-corrected chi connectivity index (χ0v) is 15.5. The second-order valence-electron chi connectivity index (χ2n) is 5.76. The van der Waals surface area contributed by atoms with Crippen LogP contribution < -0.4 is 4.72 Å². The molecule has 0 amide bonds. The normalized spacial score (nSPS) is 12.4. The molecule has 0 saturated heterocycles. The number of carbonyl (C=O) groups excluding carboxylic acids is 1. The van der Waals surface area contributed by atoms with Crippen LogP contribution in [0.2, 0.25) is 0 Å². The molecule has 0 aliphatic carbocycles. The topological polar surface area (TPSA) is 110 Å². The van der Waals surface area contributed by atoms with Gasteiger partial charge in [-0.25, -0.2) is 30.4 Å². The maximum Gasteiger partial charge on any atom is 0.322 e. The number of hydrogen-bond acceptors (Lipinski definition) is 5. The lowest BCUT2D eigenvalue weighted by atomic mass is 10.2. The van der Waals surface area contributed by atoms with Crippen LogP contribution in [-0.2, 0) is 31.0 Å². The van der Waals surface area contributed by atoms with E-state index in [0.717, 1.165) is 0 Å². The van der Waals surface area contributed by atoms with Gasteiger partial charge in [-0.3, -0.25) is 9.59 Å². The number of carbonyl (C=O) groups is 2. The number of hydrogen-bond donors (Lipinski definition) is 2. The van der Waals surface area contributed by atoms with E-state index in [0.29, 0.717) is 5.56 Å². The van der Waals surface area contributed by atoms with Crippen LogP contribution in [0.3, 0.4) is 0 Å². The van der Waals surface area contributed by atoms with Crippen molar-refractivity contribution in [3.05, 3.63) is 65.0 Å². The average molecular weight is 453 g/mol. The van der Waals surface area contributed by atoms with Crippen molar-refractivity contribution < 1.29 is 49.8 Å². The van der Waals surface area contributed by atoms with Gasteiger partial charge in [0.25, 0.3) is 0 Å². The van der Waals surface area contributed by atoms with Crippen molar-refractivity contribution in [3.8, 4) is 0 Å². The van der Waals surface area contributed by atoms with Crippen molar-refractivity contribution in [3.63, 3.8) is 0 Å². The van der Waals surface area contributed by atoms with Gasteiger partial charge in [0.15, 0.2) is 28.2 Å². The lowest BCUT2D eigenvalue weighted by Gasteiger charge is -2.15. The molecule has 7 nitrogen and oxygen atoms in total. The Morgan fingerprint density at radius 1 is 0.933 bits per heavy atom. The molecule has 162 valence electrons. The lowest BCUT2D eigenvalue weighted by molar-refractivity contribution is -0.150. The summed E-state index contributed by atoms with van der Waals surface area (Å²) in [7, 11) is -5.58. The third kappa shape index (κ3) is 5.10. The molecular weight excluding hydrogens is 441 g/mol. The number of aliphatic carboxylic acids is 1. The number of carboxylic acid groups (broad SMARTS) is 1. The molecule has 13 heteroatoms. The summed E-state index contributed by atoms with van der Waals surface area (Å²) in [5.74, 6) is -16.2. The zero-order chi connectivity index (χ0) is 22.6. The highest BCUT2D eigenvalue weighted by molar-refractivity contribution is 7.89. The Morgan fingerprint density at radius 2 is 1.43 bits per heavy atom. The van der Waals surface area contributed by atoms with Crippen molar-refractivity contribution >= 4 is 22.0 Å². The predicted molar refractivity (Wildman–Crippen MR) is 88.8 cm³/mol. The number of sulfonamides is 1. The fourth-order valence-electron chi connectivity index (χ4n) is 2.21. The number of carboxylic acids is 1. The number of rotatable bonds is 8. The summed E-state index contributed by atoms with van der Waals surface area (Å²) in [5, 5.41) is 9.08. The monoisotopic (exact) mass is 453 g/mol. The number of nitrogens with one attached hydrogen (secondary N) is 1. The van der Waals surface area contributed by atoms with Crippen molar-refractivity contribution in [2.45, 2.75) is 24.0 Å². The highest BCUT2D eigenvalue weighted by Crippen LogP contribution is 2.26. The Hall–Kier alpha value is -3.06. The van der Waals surface area contributed by atoms with Crippen LogP contribution in [0.4, 0.5) is 22.0 Å². The molecular formula is C17H12F5NO6S. The minimum atomic E-state index is -5.58. The maximum atomic E-state index is 13.7. The van der Waals surface area contributed by atoms with Gasteiger partial charge in [0.05, 0.1) is 6.42 Å². The Bertz CT molecular complexity index is 1050. The number of benzene rings is 2. The first kappa shape index (κ1) is 23.2. The molecule has 2 N–H and O–H groups in total. The number of halogens is 5. The Morgan fingerprint density at radius 3 is 1.93 bits per heavy atom. The molecule has 1 atom stereocenters. The van der Waals surface area contributed by atoms with Gasteiger partial charge in [0.2, 0.25) is 15.8 Å². The van der Waals surface area contributed by atoms with Crippen LogP contribution in [0.1, 0.15) is 12.0 Å². The second-order valence-corrected chi connectivity index (χ2v) is 7.41. The van der Waals surface area contributed by atoms with Crippen LogP contribution in [0.5, 0.6) is 0 Å². The van der Waals surface area contributed by atoms with Crippen molar-refractivity contribution in [2.75, 3.05) is 0 Å². The molecule has 0 radical (unpaired) electrons. The summed E-state index contributed by atoms with van der Waals surface area (Å²) < 4.78 is 97.3. The molecule has 0 spiro atoms. The molecule has 2 aromatic carbocycles. The molecule has 0 aliphatic rings. The van der Waals surface area contributed by atoms with Crippen LogP contribution in [0.15, 0.2) is 35.2 Å². The van der Waals surface area contributed by atoms with E-state index in [9.17, 15) is 40.0 Å². The Labute approximate surface area is 166 Å². The van der Waals surface area contributed by atoms with Gasteiger partial charge < -0.3 is 9.84 Å². The summed E-state index contributed by atoms with van der Waals surface area (Å²) in [6.45, 7) is -0.281. The predicted octanol–water partition coefficient (Wildman–Crippen LogP) is 2.25. The van der Waals surface area contributed by atoms with E-state index in [1.807, 2.05) is 0 Å². The third-order valence-electron chi connectivity index (χ3n) is 3.65. The van der Waals surface area contributed by atoms with E-state index in [1.54, 1.807) is 30.3 Å². The number of ether oxygens (including phenoxy) is 1. The van der Waals surface area contributed by atoms with Crippen molar-refractivity contribution in [2.24, 2.45) is 0 Å². The molecule has 0 heterocycles. The first-order valence-electron chi connectivity index (χ1n) is 7.91. The van der Waals surface area contributed by atoms with Crippen LogP contribution in [0, 0.1) is 29.1 Å². The van der Waals surface area contributed by atoms with Crippen molar-refractivity contribution in [1.82, 2.24) is 4.72 Å². The van der Waals surface area contributed by atoms with E-state index in [-0.39, 0.29) is 6.61 Å². The third-order valence-corrected chi connectivity index (χ3v) is 5.14. The van der Waals surface area contributed by atoms with Gasteiger partial charge >= 0.3 is 11.9 Å². The Kier molecular flexibility index (Phi) is 7.10. The molecule has 0 aromatic heterocycles. The summed E-state index contributed by atoms with van der Waals surface area (Å²) in [4.78, 5) is 20.8. The quantitative estimate of drug-likeness (QED) is 0.275. The SMILES string of the molecule is O=C(C[C@H](NS(=O)(=O)c1c(F)c(F)c(F)c(F)c1F)C(=O)O)OCc1ccccc1. The fraction of sp³-hybridized carbons (Fsp3) is 0.176. The van der Waals surface area contributed by atoms with Crippen LogP contribution in [-0.4, -0.2) is 31.5 Å². The first-order chi connectivity index (χ1) is 14.0. The molecule has 0 saturated carbocycles. The van der Waals surface area contributed by atoms with Gasteiger partial charge in [0, 0.05) is 0 Å². The van der Waals surface area contributed by atoms with Crippen molar-refractivity contribution in [1.29, 1.82) is 0 Å². The van der Waals surface area contributed by atoms with Gasteiger partial charge in [-0.2, -0.15) is 4.72 Å². The second kappa shape index (κ2) is 9.17. The van der Waals surface area contributed by atoms with E-state index in [1.165, 1.54) is 4.72 Å².